The second-order valence-corrected chi connectivity index (χ2v) is 4.79. The van der Waals surface area contributed by atoms with E-state index in [4.69, 9.17) is 11.6 Å². The van der Waals surface area contributed by atoms with Gasteiger partial charge in [0.05, 0.1) is 4.48 Å². The molecule has 0 saturated heterocycles. The van der Waals surface area contributed by atoms with Gasteiger partial charge in [-0.1, -0.05) is 12.1 Å². The van der Waals surface area contributed by atoms with E-state index in [0.717, 1.165) is 5.56 Å². The standard InChI is InChI=1S/C11H9BrClFN2O/c12-9-5-15-11(13)16(10(9)17)6-7-1-3-8(14)4-2-7/h1-5,10,17H,6H2. The average molecular weight is 320 g/mol. The van der Waals surface area contributed by atoms with Crippen molar-refractivity contribution in [1.29, 1.82) is 0 Å². The van der Waals surface area contributed by atoms with Crippen LogP contribution >= 0.6 is 27.5 Å². The number of amidine groups is 1. The molecule has 1 aliphatic heterocycles. The lowest BCUT2D eigenvalue weighted by Gasteiger charge is -2.30. The molecule has 1 aromatic carbocycles. The lowest BCUT2D eigenvalue weighted by atomic mass is 10.2. The quantitative estimate of drug-likeness (QED) is 0.851. The molecule has 3 nitrogen and oxygen atoms in total. The monoisotopic (exact) mass is 318 g/mol. The number of aliphatic hydroxyl groups excluding tert-OH is 1. The van der Waals surface area contributed by atoms with E-state index >= 15 is 0 Å². The summed E-state index contributed by atoms with van der Waals surface area (Å²) >= 11 is 9.09. The topological polar surface area (TPSA) is 35.8 Å². The average Bonchev–Trinajstić information content (AvgIpc) is 2.32. The molecule has 0 saturated carbocycles. The summed E-state index contributed by atoms with van der Waals surface area (Å²) in [5, 5.41) is 10.1. The van der Waals surface area contributed by atoms with Gasteiger partial charge >= 0.3 is 0 Å². The molecule has 1 aromatic rings. The Hall–Kier alpha value is -0.910. The molecule has 0 bridgehead atoms. The highest BCUT2D eigenvalue weighted by atomic mass is 79.9. The summed E-state index contributed by atoms with van der Waals surface area (Å²) in [5.74, 6) is -0.297. The van der Waals surface area contributed by atoms with Crippen LogP contribution in [0, 0.1) is 5.82 Å². The molecule has 90 valence electrons. The second-order valence-electron chi connectivity index (χ2n) is 3.54. The van der Waals surface area contributed by atoms with Gasteiger partial charge in [-0.2, -0.15) is 0 Å². The van der Waals surface area contributed by atoms with Crippen LogP contribution in [0.1, 0.15) is 5.56 Å². The summed E-state index contributed by atoms with van der Waals surface area (Å²) in [7, 11) is 0. The summed E-state index contributed by atoms with van der Waals surface area (Å²) < 4.78 is 13.3. The molecular formula is C11H9BrClFN2O. The molecule has 6 heteroatoms. The minimum Gasteiger partial charge on any atom is -0.369 e. The van der Waals surface area contributed by atoms with E-state index in [9.17, 15) is 9.50 Å². The van der Waals surface area contributed by atoms with E-state index in [1.807, 2.05) is 0 Å². The van der Waals surface area contributed by atoms with Crippen molar-refractivity contribution in [2.45, 2.75) is 12.8 Å². The zero-order chi connectivity index (χ0) is 12.4. The molecule has 17 heavy (non-hydrogen) atoms. The Morgan fingerprint density at radius 1 is 1.41 bits per heavy atom. The van der Waals surface area contributed by atoms with Gasteiger partial charge < -0.3 is 10.0 Å². The number of hydrogen-bond donors (Lipinski definition) is 1. The van der Waals surface area contributed by atoms with E-state index in [2.05, 4.69) is 20.9 Å². The molecule has 1 atom stereocenters. The minimum atomic E-state index is -0.870. The van der Waals surface area contributed by atoms with Crippen molar-refractivity contribution < 1.29 is 9.50 Å². The van der Waals surface area contributed by atoms with Crippen LogP contribution in [0.5, 0.6) is 0 Å². The SMILES string of the molecule is OC1C(Br)=CN=C(Cl)N1Cc1ccc(F)cc1. The Labute approximate surface area is 111 Å². The first kappa shape index (κ1) is 12.5. The third-order valence-corrected chi connectivity index (χ3v) is 3.27. The van der Waals surface area contributed by atoms with Crippen molar-refractivity contribution in [2.75, 3.05) is 0 Å². The number of aliphatic hydroxyl groups is 1. The highest BCUT2D eigenvalue weighted by molar-refractivity contribution is 9.11. The Kier molecular flexibility index (Phi) is 3.81. The molecule has 1 heterocycles. The fourth-order valence-electron chi connectivity index (χ4n) is 1.44. The van der Waals surface area contributed by atoms with Gasteiger partial charge in [0.15, 0.2) is 6.23 Å². The Morgan fingerprint density at radius 2 is 2.06 bits per heavy atom. The first-order chi connectivity index (χ1) is 8.08. The summed E-state index contributed by atoms with van der Waals surface area (Å²) in [6, 6.07) is 6.00. The molecule has 1 unspecified atom stereocenters. The number of benzene rings is 1. The lowest BCUT2D eigenvalue weighted by Crippen LogP contribution is -2.39. The van der Waals surface area contributed by atoms with Crippen molar-refractivity contribution in [3.05, 3.63) is 46.3 Å². The smallest absolute Gasteiger partial charge is 0.201 e. The highest BCUT2D eigenvalue weighted by Gasteiger charge is 2.24. The molecule has 1 aliphatic rings. The van der Waals surface area contributed by atoms with E-state index in [0.29, 0.717) is 11.0 Å². The van der Waals surface area contributed by atoms with Crippen LogP contribution in [0.4, 0.5) is 4.39 Å². The number of aliphatic imine (C=N–C) groups is 1. The van der Waals surface area contributed by atoms with Crippen molar-refractivity contribution in [1.82, 2.24) is 4.90 Å². The molecule has 2 rings (SSSR count). The van der Waals surface area contributed by atoms with Crippen molar-refractivity contribution in [2.24, 2.45) is 4.99 Å². The third kappa shape index (κ3) is 2.86. The maximum Gasteiger partial charge on any atom is 0.201 e. The van der Waals surface area contributed by atoms with E-state index in [1.165, 1.54) is 23.2 Å². The van der Waals surface area contributed by atoms with Gasteiger partial charge in [0.25, 0.3) is 0 Å². The predicted molar refractivity (Wildman–Crippen MR) is 68.2 cm³/mol. The largest absolute Gasteiger partial charge is 0.369 e. The molecule has 1 N–H and O–H groups in total. The first-order valence-electron chi connectivity index (χ1n) is 4.86. The first-order valence-corrected chi connectivity index (χ1v) is 6.03. The van der Waals surface area contributed by atoms with Crippen molar-refractivity contribution in [3.63, 3.8) is 0 Å². The predicted octanol–water partition coefficient (Wildman–Crippen LogP) is 2.79. The maximum absolute atomic E-state index is 12.8. The van der Waals surface area contributed by atoms with Gasteiger partial charge in [-0.15, -0.1) is 0 Å². The normalized spacial score (nSPS) is 20.0. The summed E-state index contributed by atoms with van der Waals surface area (Å²) in [4.78, 5) is 5.42. The lowest BCUT2D eigenvalue weighted by molar-refractivity contribution is 0.0886. The molecule has 0 aliphatic carbocycles. The van der Waals surface area contributed by atoms with E-state index < -0.39 is 6.23 Å². The van der Waals surface area contributed by atoms with Crippen molar-refractivity contribution >= 4 is 32.8 Å². The number of nitrogens with zero attached hydrogens (tertiary/aromatic N) is 2. The summed E-state index contributed by atoms with van der Waals surface area (Å²) in [6.45, 7) is 0.354. The maximum atomic E-state index is 12.8. The Bertz CT molecular complexity index is 475. The van der Waals surface area contributed by atoms with Crippen LogP contribution in [0.15, 0.2) is 39.9 Å². The minimum absolute atomic E-state index is 0.199. The molecule has 0 radical (unpaired) electrons. The molecule has 0 fully saturated rings. The Balaban J connectivity index is 2.16. The van der Waals surface area contributed by atoms with Crippen LogP contribution in [-0.4, -0.2) is 21.5 Å². The van der Waals surface area contributed by atoms with Gasteiger partial charge in [-0.3, -0.25) is 0 Å². The van der Waals surface area contributed by atoms with E-state index in [-0.39, 0.29) is 11.1 Å². The third-order valence-electron chi connectivity index (χ3n) is 2.34. The van der Waals surface area contributed by atoms with Crippen LogP contribution in [0.3, 0.4) is 0 Å². The Morgan fingerprint density at radius 3 is 2.71 bits per heavy atom. The van der Waals surface area contributed by atoms with Gasteiger partial charge in [-0.05, 0) is 45.2 Å². The zero-order valence-electron chi connectivity index (χ0n) is 8.65. The molecule has 0 amide bonds. The van der Waals surface area contributed by atoms with Crippen LogP contribution in [0.2, 0.25) is 0 Å². The van der Waals surface area contributed by atoms with Gasteiger partial charge in [0.2, 0.25) is 5.29 Å². The number of hydrogen-bond acceptors (Lipinski definition) is 3. The van der Waals surface area contributed by atoms with Gasteiger partial charge in [0.1, 0.15) is 5.82 Å². The number of halogens is 3. The van der Waals surface area contributed by atoms with Crippen molar-refractivity contribution in [3.8, 4) is 0 Å². The molecular weight excluding hydrogens is 310 g/mol. The molecule has 0 aromatic heterocycles. The van der Waals surface area contributed by atoms with Crippen LogP contribution in [-0.2, 0) is 6.54 Å². The summed E-state index contributed by atoms with van der Waals surface area (Å²) in [5.41, 5.74) is 0.834. The van der Waals surface area contributed by atoms with E-state index in [1.54, 1.807) is 12.1 Å². The fourth-order valence-corrected chi connectivity index (χ4v) is 1.99. The highest BCUT2D eigenvalue weighted by Crippen LogP contribution is 2.23. The zero-order valence-corrected chi connectivity index (χ0v) is 11.0. The second kappa shape index (κ2) is 5.16. The summed E-state index contributed by atoms with van der Waals surface area (Å²) in [6.07, 6.45) is 0.582. The van der Waals surface area contributed by atoms with Crippen LogP contribution < -0.4 is 0 Å². The van der Waals surface area contributed by atoms with Crippen LogP contribution in [0.25, 0.3) is 0 Å². The number of rotatable bonds is 2. The van der Waals surface area contributed by atoms with Gasteiger partial charge in [-0.25, -0.2) is 9.38 Å². The fraction of sp³-hybridized carbons (Fsp3) is 0.182. The molecule has 0 spiro atoms. The van der Waals surface area contributed by atoms with Gasteiger partial charge in [0, 0.05) is 12.7 Å².